The molecule has 1 aliphatic rings. The van der Waals surface area contributed by atoms with E-state index in [0.717, 1.165) is 18.6 Å². The number of benzene rings is 1. The number of ether oxygens (including phenoxy) is 1. The number of hydrogen-bond acceptors (Lipinski definition) is 2. The minimum absolute atomic E-state index is 0.274. The maximum Gasteiger partial charge on any atom is 0.136 e. The Kier molecular flexibility index (Phi) is 3.28. The summed E-state index contributed by atoms with van der Waals surface area (Å²) in [5.41, 5.74) is 1.24. The lowest BCUT2D eigenvalue weighted by Crippen LogP contribution is -2.03. The predicted octanol–water partition coefficient (Wildman–Crippen LogP) is 3.17. The molecule has 1 saturated carbocycles. The molecular formula is C14H18O2. The Hall–Kier alpha value is -1.31. The highest BCUT2D eigenvalue weighted by Crippen LogP contribution is 2.38. The van der Waals surface area contributed by atoms with Crippen molar-refractivity contribution in [3.63, 3.8) is 0 Å². The Bertz CT molecular complexity index is 384. The van der Waals surface area contributed by atoms with Crippen LogP contribution in [-0.2, 0) is 4.79 Å². The molecule has 1 aromatic rings. The molecule has 0 saturated heterocycles. The van der Waals surface area contributed by atoms with E-state index in [1.165, 1.54) is 5.56 Å². The third-order valence-electron chi connectivity index (χ3n) is 3.53. The van der Waals surface area contributed by atoms with Gasteiger partial charge in [0.2, 0.25) is 0 Å². The normalized spacial score (nSPS) is 24.8. The van der Waals surface area contributed by atoms with Crippen LogP contribution in [0.1, 0.15) is 37.7 Å². The van der Waals surface area contributed by atoms with Crippen molar-refractivity contribution in [3.05, 3.63) is 29.8 Å². The van der Waals surface area contributed by atoms with Crippen LogP contribution >= 0.6 is 0 Å². The minimum atomic E-state index is 0.274. The van der Waals surface area contributed by atoms with Crippen molar-refractivity contribution in [1.29, 1.82) is 0 Å². The minimum Gasteiger partial charge on any atom is -0.497 e. The smallest absolute Gasteiger partial charge is 0.136 e. The summed E-state index contributed by atoms with van der Waals surface area (Å²) in [5.74, 6) is 1.98. The van der Waals surface area contributed by atoms with E-state index in [1.807, 2.05) is 12.1 Å². The van der Waals surface area contributed by atoms with Crippen molar-refractivity contribution < 1.29 is 9.53 Å². The monoisotopic (exact) mass is 218 g/mol. The van der Waals surface area contributed by atoms with Gasteiger partial charge in [-0.2, -0.15) is 0 Å². The Morgan fingerprint density at radius 3 is 2.88 bits per heavy atom. The first-order valence-corrected chi connectivity index (χ1v) is 5.91. The van der Waals surface area contributed by atoms with Crippen LogP contribution in [0.2, 0.25) is 0 Å². The average Bonchev–Trinajstić information content (AvgIpc) is 2.71. The van der Waals surface area contributed by atoms with Crippen molar-refractivity contribution in [2.75, 3.05) is 7.11 Å². The van der Waals surface area contributed by atoms with Crippen LogP contribution in [0.4, 0.5) is 0 Å². The molecule has 0 spiro atoms. The van der Waals surface area contributed by atoms with Crippen molar-refractivity contribution in [1.82, 2.24) is 0 Å². The number of rotatable bonds is 3. The van der Waals surface area contributed by atoms with Gasteiger partial charge in [0.25, 0.3) is 0 Å². The summed E-state index contributed by atoms with van der Waals surface area (Å²) in [7, 11) is 1.67. The Morgan fingerprint density at radius 2 is 2.25 bits per heavy atom. The zero-order valence-electron chi connectivity index (χ0n) is 9.90. The molecule has 1 aliphatic carbocycles. The molecule has 0 aromatic heterocycles. The summed E-state index contributed by atoms with van der Waals surface area (Å²) in [6.07, 6.45) is 2.67. The van der Waals surface area contributed by atoms with E-state index in [1.54, 1.807) is 7.11 Å². The Balaban J connectivity index is 2.16. The first-order valence-electron chi connectivity index (χ1n) is 5.91. The van der Waals surface area contributed by atoms with Gasteiger partial charge in [-0.1, -0.05) is 19.1 Å². The first kappa shape index (κ1) is 11.2. The molecule has 0 N–H and O–H groups in total. The summed E-state index contributed by atoms with van der Waals surface area (Å²) in [6, 6.07) is 8.09. The second kappa shape index (κ2) is 4.69. The van der Waals surface area contributed by atoms with Crippen LogP contribution in [0.5, 0.6) is 5.75 Å². The molecule has 2 nitrogen and oxygen atoms in total. The quantitative estimate of drug-likeness (QED) is 0.779. The SMILES string of the molecule is CCC1CC(c2cccc(OC)c2)CC1=O. The van der Waals surface area contributed by atoms with Crippen molar-refractivity contribution >= 4 is 5.78 Å². The first-order chi connectivity index (χ1) is 7.74. The van der Waals surface area contributed by atoms with E-state index in [9.17, 15) is 4.79 Å². The highest BCUT2D eigenvalue weighted by molar-refractivity contribution is 5.84. The zero-order chi connectivity index (χ0) is 11.5. The van der Waals surface area contributed by atoms with Gasteiger partial charge in [-0.15, -0.1) is 0 Å². The van der Waals surface area contributed by atoms with Crippen LogP contribution in [0.3, 0.4) is 0 Å². The maximum absolute atomic E-state index is 11.7. The standard InChI is InChI=1S/C14H18O2/c1-3-10-7-12(9-14(10)15)11-5-4-6-13(8-11)16-2/h4-6,8,10,12H,3,7,9H2,1-2H3. The summed E-state index contributed by atoms with van der Waals surface area (Å²) >= 11 is 0. The van der Waals surface area contributed by atoms with Crippen LogP contribution in [0, 0.1) is 5.92 Å². The fraction of sp³-hybridized carbons (Fsp3) is 0.500. The van der Waals surface area contributed by atoms with E-state index in [2.05, 4.69) is 19.1 Å². The fourth-order valence-corrected chi connectivity index (χ4v) is 2.51. The van der Waals surface area contributed by atoms with Gasteiger partial charge in [0, 0.05) is 12.3 Å². The summed E-state index contributed by atoms with van der Waals surface area (Å²) < 4.78 is 5.21. The third-order valence-corrected chi connectivity index (χ3v) is 3.53. The van der Waals surface area contributed by atoms with Crippen molar-refractivity contribution in [3.8, 4) is 5.75 Å². The number of methoxy groups -OCH3 is 1. The molecule has 1 fully saturated rings. The van der Waals surface area contributed by atoms with E-state index < -0.39 is 0 Å². The lowest BCUT2D eigenvalue weighted by Gasteiger charge is -2.10. The van der Waals surface area contributed by atoms with E-state index in [-0.39, 0.29) is 5.92 Å². The molecule has 2 unspecified atom stereocenters. The maximum atomic E-state index is 11.7. The molecule has 0 radical (unpaired) electrons. The average molecular weight is 218 g/mol. The number of ketones is 1. The summed E-state index contributed by atoms with van der Waals surface area (Å²) in [6.45, 7) is 2.09. The Morgan fingerprint density at radius 1 is 1.44 bits per heavy atom. The number of carbonyl (C=O) groups excluding carboxylic acids is 1. The molecular weight excluding hydrogens is 200 g/mol. The van der Waals surface area contributed by atoms with Gasteiger partial charge in [0.15, 0.2) is 0 Å². The predicted molar refractivity (Wildman–Crippen MR) is 63.8 cm³/mol. The molecule has 0 heterocycles. The van der Waals surface area contributed by atoms with E-state index in [4.69, 9.17) is 4.74 Å². The van der Waals surface area contributed by atoms with E-state index in [0.29, 0.717) is 18.1 Å². The number of Topliss-reactive ketones (excluding diaryl/α,β-unsaturated/α-hetero) is 1. The summed E-state index contributed by atoms with van der Waals surface area (Å²) in [5, 5.41) is 0. The van der Waals surface area contributed by atoms with Gasteiger partial charge >= 0.3 is 0 Å². The van der Waals surface area contributed by atoms with Crippen molar-refractivity contribution in [2.24, 2.45) is 5.92 Å². The van der Waals surface area contributed by atoms with Crippen LogP contribution in [-0.4, -0.2) is 12.9 Å². The molecule has 86 valence electrons. The molecule has 16 heavy (non-hydrogen) atoms. The zero-order valence-corrected chi connectivity index (χ0v) is 9.90. The fourth-order valence-electron chi connectivity index (χ4n) is 2.51. The number of hydrogen-bond donors (Lipinski definition) is 0. The molecule has 0 amide bonds. The molecule has 2 atom stereocenters. The molecule has 2 heteroatoms. The third kappa shape index (κ3) is 2.11. The van der Waals surface area contributed by atoms with Crippen LogP contribution < -0.4 is 4.74 Å². The molecule has 1 aromatic carbocycles. The topological polar surface area (TPSA) is 26.3 Å². The van der Waals surface area contributed by atoms with Crippen LogP contribution in [0.15, 0.2) is 24.3 Å². The second-order valence-electron chi connectivity index (χ2n) is 4.48. The van der Waals surface area contributed by atoms with Gasteiger partial charge in [0.05, 0.1) is 7.11 Å². The molecule has 2 rings (SSSR count). The summed E-state index contributed by atoms with van der Waals surface area (Å²) in [4.78, 5) is 11.7. The molecule has 0 aliphatic heterocycles. The van der Waals surface area contributed by atoms with E-state index >= 15 is 0 Å². The molecule has 0 bridgehead atoms. The Labute approximate surface area is 96.6 Å². The lowest BCUT2D eigenvalue weighted by atomic mass is 9.95. The van der Waals surface area contributed by atoms with Gasteiger partial charge in [-0.05, 0) is 36.5 Å². The lowest BCUT2D eigenvalue weighted by molar-refractivity contribution is -0.120. The van der Waals surface area contributed by atoms with Crippen molar-refractivity contribution in [2.45, 2.75) is 32.1 Å². The largest absolute Gasteiger partial charge is 0.497 e. The van der Waals surface area contributed by atoms with Gasteiger partial charge in [-0.25, -0.2) is 0 Å². The van der Waals surface area contributed by atoms with Gasteiger partial charge < -0.3 is 4.74 Å². The second-order valence-corrected chi connectivity index (χ2v) is 4.48. The van der Waals surface area contributed by atoms with Crippen LogP contribution in [0.25, 0.3) is 0 Å². The van der Waals surface area contributed by atoms with Gasteiger partial charge in [0.1, 0.15) is 11.5 Å². The highest BCUT2D eigenvalue weighted by Gasteiger charge is 2.31. The highest BCUT2D eigenvalue weighted by atomic mass is 16.5. The number of carbonyl (C=O) groups is 1. The van der Waals surface area contributed by atoms with Gasteiger partial charge in [-0.3, -0.25) is 4.79 Å².